The maximum absolute atomic E-state index is 13.0. The molecule has 314 valence electrons. The van der Waals surface area contributed by atoms with Crippen molar-refractivity contribution in [3.8, 4) is 0 Å². The second kappa shape index (κ2) is 28.0. The summed E-state index contributed by atoms with van der Waals surface area (Å²) < 4.78 is 13.4. The third-order valence-electron chi connectivity index (χ3n) is 10.5. The van der Waals surface area contributed by atoms with E-state index >= 15 is 0 Å². The molecule has 2 aromatic rings. The van der Waals surface area contributed by atoms with Crippen LogP contribution in [0.3, 0.4) is 0 Å². The summed E-state index contributed by atoms with van der Waals surface area (Å²) in [4.78, 5) is 44.4. The van der Waals surface area contributed by atoms with Gasteiger partial charge in [0.15, 0.2) is 0 Å². The average molecular weight is 867 g/mol. The van der Waals surface area contributed by atoms with Gasteiger partial charge in [0, 0.05) is 0 Å². The van der Waals surface area contributed by atoms with Gasteiger partial charge in [-0.1, -0.05) is 0 Å². The summed E-state index contributed by atoms with van der Waals surface area (Å²) in [5.41, 5.74) is 0. The van der Waals surface area contributed by atoms with Crippen LogP contribution in [0.4, 0.5) is 0 Å². The minimum atomic E-state index is -5.19. The van der Waals surface area contributed by atoms with E-state index in [1.807, 2.05) is 30.3 Å². The molecule has 54 heavy (non-hydrogen) atoms. The molecule has 6 nitrogen and oxygen atoms in total. The minimum absolute atomic E-state index is 0.0987. The van der Waals surface area contributed by atoms with E-state index in [1.165, 1.54) is 102 Å². The maximum atomic E-state index is 13.0. The topological polar surface area (TPSA) is 99.4 Å². The monoisotopic (exact) mass is 866 g/mol. The van der Waals surface area contributed by atoms with Gasteiger partial charge in [-0.25, -0.2) is 0 Å². The quantitative estimate of drug-likeness (QED) is 0.0200. The van der Waals surface area contributed by atoms with Crippen molar-refractivity contribution in [2.24, 2.45) is 0 Å². The van der Waals surface area contributed by atoms with Gasteiger partial charge in [-0.3, -0.25) is 0 Å². The molecule has 12 heteroatoms. The normalized spacial score (nSPS) is 15.0. The van der Waals surface area contributed by atoms with Crippen LogP contribution in [0.25, 0.3) is 0 Å². The second-order valence-electron chi connectivity index (χ2n) is 15.1. The molecule has 0 saturated carbocycles. The first-order valence-electron chi connectivity index (χ1n) is 21.0. The Hall–Kier alpha value is 0.460. The van der Waals surface area contributed by atoms with E-state index < -0.39 is 24.6 Å². The molecule has 0 aromatic heterocycles. The van der Waals surface area contributed by atoms with Crippen LogP contribution in [0.15, 0.2) is 60.7 Å². The van der Waals surface area contributed by atoms with Gasteiger partial charge < -0.3 is 0 Å². The van der Waals surface area contributed by atoms with E-state index in [-0.39, 0.29) is 11.7 Å². The van der Waals surface area contributed by atoms with Gasteiger partial charge in [0.05, 0.1) is 0 Å². The predicted molar refractivity (Wildman–Crippen MR) is 251 cm³/mol. The molecule has 0 saturated heterocycles. The SMILES string of the molecule is OP(O)(O)(c1ccccc1)C(S)CCCCC(S)P(O)(OCCCCCCCCCCCCS)(OCCCCCCCCCCCCS)c1ccccc1. The molecule has 2 aromatic carbocycles. The summed E-state index contributed by atoms with van der Waals surface area (Å²) in [5, 5.41) is 0.753. The Kier molecular flexibility index (Phi) is 26.3. The number of hydrogen-bond donors (Lipinski definition) is 8. The molecule has 0 spiro atoms. The Bertz CT molecular complexity index is 1180. The van der Waals surface area contributed by atoms with E-state index in [4.69, 9.17) is 21.7 Å². The van der Waals surface area contributed by atoms with Crippen molar-refractivity contribution in [2.75, 3.05) is 24.7 Å². The van der Waals surface area contributed by atoms with Crippen molar-refractivity contribution < 1.29 is 28.6 Å². The average Bonchev–Trinajstić information content (AvgIpc) is 3.17. The molecular formula is C42H76O6P2S4. The zero-order valence-electron chi connectivity index (χ0n) is 33.0. The number of unbranched alkanes of at least 4 members (excludes halogenated alkanes) is 19. The molecule has 4 N–H and O–H groups in total. The van der Waals surface area contributed by atoms with Crippen LogP contribution in [0, 0.1) is 0 Å². The molecule has 2 unspecified atom stereocenters. The molecule has 0 heterocycles. The Balaban J connectivity index is 2.03. The van der Waals surface area contributed by atoms with Crippen molar-refractivity contribution in [3.63, 3.8) is 0 Å². The van der Waals surface area contributed by atoms with Gasteiger partial charge >= 0.3 is 317 Å². The molecule has 0 fully saturated rings. The van der Waals surface area contributed by atoms with Crippen molar-refractivity contribution >= 4 is 75.7 Å². The molecule has 0 amide bonds. The fraction of sp³-hybridized carbons (Fsp3) is 0.714. The van der Waals surface area contributed by atoms with Crippen molar-refractivity contribution in [1.29, 1.82) is 0 Å². The molecular weight excluding hydrogens is 791 g/mol. The molecule has 0 bridgehead atoms. The predicted octanol–water partition coefficient (Wildman–Crippen LogP) is 12.0. The first-order valence-corrected chi connectivity index (χ1v) is 27.5. The Morgan fingerprint density at radius 2 is 0.722 bits per heavy atom. The molecule has 0 aliphatic carbocycles. The van der Waals surface area contributed by atoms with Gasteiger partial charge in [-0.15, -0.1) is 0 Å². The van der Waals surface area contributed by atoms with Crippen LogP contribution in [-0.4, -0.2) is 54.3 Å². The van der Waals surface area contributed by atoms with Crippen molar-refractivity contribution in [1.82, 2.24) is 0 Å². The van der Waals surface area contributed by atoms with Crippen LogP contribution in [0.5, 0.6) is 0 Å². The summed E-state index contributed by atoms with van der Waals surface area (Å²) in [5.74, 6) is 1.96. The van der Waals surface area contributed by atoms with Crippen LogP contribution >= 0.6 is 65.1 Å². The number of thiol groups is 4. The van der Waals surface area contributed by atoms with Gasteiger partial charge in [-0.05, 0) is 11.5 Å². The Labute approximate surface area is 351 Å². The van der Waals surface area contributed by atoms with Crippen LogP contribution in [-0.2, 0) is 9.05 Å². The number of rotatable bonds is 35. The third kappa shape index (κ3) is 18.2. The first kappa shape index (κ1) is 50.6. The van der Waals surface area contributed by atoms with Crippen molar-refractivity contribution in [3.05, 3.63) is 60.7 Å². The summed E-state index contributed by atoms with van der Waals surface area (Å²) >= 11 is 18.2. The summed E-state index contributed by atoms with van der Waals surface area (Å²) in [6.45, 7) is 0.782. The standard InChI is InChI=1S/C42H76O6P2S4/c43-49(44,45,39-29-19-17-20-30-39)41(53)33-23-24-34-42(54)50(46,40-31-21-18-22-32-40,47-35-25-13-9-5-1-3-7-11-15-27-37-51)48-36-26-14-10-6-2-4-8-12-16-28-38-52/h17-22,29-32,41-46,51-54H,1-16,23-28,33-38H2. The second-order valence-corrected chi connectivity index (χ2v) is 24.9. The molecule has 0 aliphatic rings. The Morgan fingerprint density at radius 1 is 0.407 bits per heavy atom. The van der Waals surface area contributed by atoms with Crippen LogP contribution < -0.4 is 10.6 Å². The van der Waals surface area contributed by atoms with Crippen LogP contribution in [0.2, 0.25) is 0 Å². The molecule has 2 rings (SSSR count). The van der Waals surface area contributed by atoms with E-state index in [0.29, 0.717) is 37.8 Å². The fourth-order valence-electron chi connectivity index (χ4n) is 6.98. The first-order chi connectivity index (χ1) is 26.0. The molecule has 2 atom stereocenters. The Morgan fingerprint density at radius 3 is 1.09 bits per heavy atom. The summed E-state index contributed by atoms with van der Waals surface area (Å²) in [6.07, 6.45) is 25.6. The third-order valence-corrected chi connectivity index (χ3v) is 20.7. The number of hydrogen-bond acceptors (Lipinski definition) is 10. The summed E-state index contributed by atoms with van der Waals surface area (Å²) in [6, 6.07) is 17.7. The van der Waals surface area contributed by atoms with Gasteiger partial charge in [0.1, 0.15) is 0 Å². The van der Waals surface area contributed by atoms with E-state index in [9.17, 15) is 19.6 Å². The van der Waals surface area contributed by atoms with Crippen molar-refractivity contribution in [2.45, 2.75) is 164 Å². The zero-order valence-corrected chi connectivity index (χ0v) is 38.4. The number of benzene rings is 2. The zero-order chi connectivity index (χ0) is 39.5. The van der Waals surface area contributed by atoms with Gasteiger partial charge in [-0.2, -0.15) is 25.3 Å². The van der Waals surface area contributed by atoms with E-state index in [2.05, 4.69) is 37.9 Å². The molecule has 0 aliphatic heterocycles. The summed E-state index contributed by atoms with van der Waals surface area (Å²) in [7, 11) is -9.66. The van der Waals surface area contributed by atoms with E-state index in [1.54, 1.807) is 18.2 Å². The fourth-order valence-corrected chi connectivity index (χ4v) is 14.1. The van der Waals surface area contributed by atoms with Crippen LogP contribution in [0.1, 0.15) is 154 Å². The molecule has 0 radical (unpaired) electrons. The van der Waals surface area contributed by atoms with Gasteiger partial charge in [0.25, 0.3) is 0 Å². The van der Waals surface area contributed by atoms with Gasteiger partial charge in [0.2, 0.25) is 0 Å². The van der Waals surface area contributed by atoms with E-state index in [0.717, 1.165) is 50.0 Å².